The van der Waals surface area contributed by atoms with Gasteiger partial charge in [0.05, 0.1) is 0 Å². The van der Waals surface area contributed by atoms with Crippen molar-refractivity contribution in [1.29, 1.82) is 0 Å². The second-order valence-corrected chi connectivity index (χ2v) is 3.99. The van der Waals surface area contributed by atoms with Crippen molar-refractivity contribution in [3.05, 3.63) is 0 Å². The Morgan fingerprint density at radius 1 is 1.42 bits per heavy atom. The summed E-state index contributed by atoms with van der Waals surface area (Å²) >= 11 is 0. The molecule has 1 aliphatic rings. The van der Waals surface area contributed by atoms with Gasteiger partial charge in [-0.2, -0.15) is 0 Å². The first-order chi connectivity index (χ1) is 5.77. The van der Waals surface area contributed by atoms with Crippen molar-refractivity contribution >= 4 is 0 Å². The maximum atomic E-state index is 8.88. The van der Waals surface area contributed by atoms with Crippen LogP contribution in [-0.4, -0.2) is 36.8 Å². The Kier molecular flexibility index (Phi) is 4.02. The SMILES string of the molecule is CCC1CN(C)CCC1CCO. The molecular formula is C10H21NO. The molecule has 72 valence electrons. The molecule has 0 spiro atoms. The Labute approximate surface area is 75.6 Å². The predicted octanol–water partition coefficient (Wildman–Crippen LogP) is 1.35. The fourth-order valence-corrected chi connectivity index (χ4v) is 2.27. The van der Waals surface area contributed by atoms with E-state index in [-0.39, 0.29) is 0 Å². The minimum absolute atomic E-state index is 0.366. The Balaban J connectivity index is 2.39. The lowest BCUT2D eigenvalue weighted by Gasteiger charge is -2.36. The maximum Gasteiger partial charge on any atom is 0.0433 e. The van der Waals surface area contributed by atoms with Crippen LogP contribution in [0.25, 0.3) is 0 Å². The van der Waals surface area contributed by atoms with Crippen molar-refractivity contribution in [3.63, 3.8) is 0 Å². The molecule has 2 heteroatoms. The van der Waals surface area contributed by atoms with Crippen LogP contribution in [0.3, 0.4) is 0 Å². The molecule has 0 bridgehead atoms. The molecule has 2 unspecified atom stereocenters. The van der Waals surface area contributed by atoms with Crippen LogP contribution in [0.2, 0.25) is 0 Å². The maximum absolute atomic E-state index is 8.88. The highest BCUT2D eigenvalue weighted by atomic mass is 16.3. The van der Waals surface area contributed by atoms with Gasteiger partial charge in [-0.1, -0.05) is 13.3 Å². The Morgan fingerprint density at radius 3 is 2.75 bits per heavy atom. The number of piperidine rings is 1. The Hall–Kier alpha value is -0.0800. The van der Waals surface area contributed by atoms with Crippen LogP contribution in [-0.2, 0) is 0 Å². The number of aliphatic hydroxyl groups is 1. The molecule has 0 aromatic rings. The third kappa shape index (κ3) is 2.46. The van der Waals surface area contributed by atoms with Crippen molar-refractivity contribution in [3.8, 4) is 0 Å². The van der Waals surface area contributed by atoms with Crippen molar-refractivity contribution < 1.29 is 5.11 Å². The average molecular weight is 171 g/mol. The summed E-state index contributed by atoms with van der Waals surface area (Å²) in [6.07, 6.45) is 3.54. The van der Waals surface area contributed by atoms with E-state index in [0.29, 0.717) is 6.61 Å². The topological polar surface area (TPSA) is 23.5 Å². The normalized spacial score (nSPS) is 32.2. The van der Waals surface area contributed by atoms with Crippen LogP contribution < -0.4 is 0 Å². The van der Waals surface area contributed by atoms with E-state index in [1.807, 2.05) is 0 Å². The molecule has 0 amide bonds. The van der Waals surface area contributed by atoms with Gasteiger partial charge < -0.3 is 10.0 Å². The number of rotatable bonds is 3. The Morgan fingerprint density at radius 2 is 2.17 bits per heavy atom. The monoisotopic (exact) mass is 171 g/mol. The molecule has 1 aliphatic heterocycles. The molecule has 1 saturated heterocycles. The number of aliphatic hydroxyl groups excluding tert-OH is 1. The standard InChI is InChI=1S/C10H21NO/c1-3-9-8-11(2)6-4-10(9)5-7-12/h9-10,12H,3-8H2,1-2H3. The van der Waals surface area contributed by atoms with Gasteiger partial charge in [0.1, 0.15) is 0 Å². The van der Waals surface area contributed by atoms with Gasteiger partial charge in [-0.15, -0.1) is 0 Å². The van der Waals surface area contributed by atoms with E-state index in [1.165, 1.54) is 25.9 Å². The first-order valence-electron chi connectivity index (χ1n) is 5.07. The Bertz CT molecular complexity index is 127. The quantitative estimate of drug-likeness (QED) is 0.693. The molecule has 1 heterocycles. The average Bonchev–Trinajstić information content (AvgIpc) is 2.08. The van der Waals surface area contributed by atoms with Crippen LogP contribution in [0.1, 0.15) is 26.2 Å². The lowest BCUT2D eigenvalue weighted by Crippen LogP contribution is -2.38. The van der Waals surface area contributed by atoms with Gasteiger partial charge in [0, 0.05) is 13.2 Å². The molecule has 0 aromatic carbocycles. The predicted molar refractivity (Wildman–Crippen MR) is 51.1 cm³/mol. The molecule has 0 aliphatic carbocycles. The van der Waals surface area contributed by atoms with Gasteiger partial charge in [0.15, 0.2) is 0 Å². The van der Waals surface area contributed by atoms with E-state index in [9.17, 15) is 0 Å². The lowest BCUT2D eigenvalue weighted by molar-refractivity contribution is 0.115. The molecule has 0 aromatic heterocycles. The first kappa shape index (κ1) is 10.0. The molecule has 1 fully saturated rings. The number of hydrogen-bond acceptors (Lipinski definition) is 2. The second-order valence-electron chi connectivity index (χ2n) is 3.99. The summed E-state index contributed by atoms with van der Waals surface area (Å²) in [5.41, 5.74) is 0. The summed E-state index contributed by atoms with van der Waals surface area (Å²) in [5.74, 6) is 1.59. The third-order valence-electron chi connectivity index (χ3n) is 3.12. The van der Waals surface area contributed by atoms with Gasteiger partial charge >= 0.3 is 0 Å². The summed E-state index contributed by atoms with van der Waals surface area (Å²) in [6.45, 7) is 5.06. The van der Waals surface area contributed by atoms with Crippen molar-refractivity contribution in [2.45, 2.75) is 26.2 Å². The van der Waals surface area contributed by atoms with E-state index in [4.69, 9.17) is 5.11 Å². The van der Waals surface area contributed by atoms with E-state index >= 15 is 0 Å². The van der Waals surface area contributed by atoms with Gasteiger partial charge in [-0.3, -0.25) is 0 Å². The summed E-state index contributed by atoms with van der Waals surface area (Å²) in [7, 11) is 2.19. The zero-order chi connectivity index (χ0) is 8.97. The van der Waals surface area contributed by atoms with E-state index < -0.39 is 0 Å². The minimum atomic E-state index is 0.366. The molecule has 12 heavy (non-hydrogen) atoms. The van der Waals surface area contributed by atoms with E-state index in [2.05, 4.69) is 18.9 Å². The lowest BCUT2D eigenvalue weighted by atomic mass is 9.82. The highest BCUT2D eigenvalue weighted by Gasteiger charge is 2.25. The van der Waals surface area contributed by atoms with Crippen molar-refractivity contribution in [2.24, 2.45) is 11.8 Å². The minimum Gasteiger partial charge on any atom is -0.396 e. The van der Waals surface area contributed by atoms with Crippen molar-refractivity contribution in [1.82, 2.24) is 4.90 Å². The summed E-state index contributed by atoms with van der Waals surface area (Å²) < 4.78 is 0. The van der Waals surface area contributed by atoms with E-state index in [1.54, 1.807) is 0 Å². The molecule has 2 atom stereocenters. The largest absolute Gasteiger partial charge is 0.396 e. The molecule has 1 rings (SSSR count). The van der Waals surface area contributed by atoms with Crippen LogP contribution in [0.4, 0.5) is 0 Å². The highest BCUT2D eigenvalue weighted by Crippen LogP contribution is 2.27. The van der Waals surface area contributed by atoms with Gasteiger partial charge in [-0.05, 0) is 38.3 Å². The molecule has 2 nitrogen and oxygen atoms in total. The highest BCUT2D eigenvalue weighted by molar-refractivity contribution is 4.77. The van der Waals surface area contributed by atoms with Crippen LogP contribution in [0, 0.1) is 11.8 Å². The van der Waals surface area contributed by atoms with Crippen LogP contribution in [0.15, 0.2) is 0 Å². The number of hydrogen-bond donors (Lipinski definition) is 1. The summed E-state index contributed by atoms with van der Waals surface area (Å²) in [4.78, 5) is 2.40. The first-order valence-corrected chi connectivity index (χ1v) is 5.07. The zero-order valence-corrected chi connectivity index (χ0v) is 8.29. The zero-order valence-electron chi connectivity index (χ0n) is 8.29. The second kappa shape index (κ2) is 4.83. The fourth-order valence-electron chi connectivity index (χ4n) is 2.27. The number of likely N-dealkylation sites (tertiary alicyclic amines) is 1. The van der Waals surface area contributed by atoms with Gasteiger partial charge in [0.25, 0.3) is 0 Å². The molecule has 0 radical (unpaired) electrons. The summed E-state index contributed by atoms with van der Waals surface area (Å²) in [6, 6.07) is 0. The smallest absolute Gasteiger partial charge is 0.0433 e. The van der Waals surface area contributed by atoms with Gasteiger partial charge in [-0.25, -0.2) is 0 Å². The van der Waals surface area contributed by atoms with E-state index in [0.717, 1.165) is 18.3 Å². The molecular weight excluding hydrogens is 150 g/mol. The van der Waals surface area contributed by atoms with Crippen molar-refractivity contribution in [2.75, 3.05) is 26.7 Å². The molecule has 1 N–H and O–H groups in total. The third-order valence-corrected chi connectivity index (χ3v) is 3.12. The molecule has 0 saturated carbocycles. The fraction of sp³-hybridized carbons (Fsp3) is 1.00. The summed E-state index contributed by atoms with van der Waals surface area (Å²) in [5, 5.41) is 8.88. The van der Waals surface area contributed by atoms with Gasteiger partial charge in [0.2, 0.25) is 0 Å². The number of nitrogens with zero attached hydrogens (tertiary/aromatic N) is 1. The van der Waals surface area contributed by atoms with Crippen LogP contribution >= 0.6 is 0 Å². The van der Waals surface area contributed by atoms with Crippen LogP contribution in [0.5, 0.6) is 0 Å².